The number of aromatic hydroxyl groups is 1. The van der Waals surface area contributed by atoms with Crippen molar-refractivity contribution in [3.05, 3.63) is 23.8 Å². The van der Waals surface area contributed by atoms with Gasteiger partial charge in [-0.15, -0.1) is 0 Å². The molecule has 1 saturated heterocycles. The molecule has 17 heavy (non-hydrogen) atoms. The molecule has 2 rings (SSSR count). The number of amides is 2. The molecule has 1 unspecified atom stereocenters. The Morgan fingerprint density at radius 3 is 2.88 bits per heavy atom. The SMILES string of the molecule is Nc1ccc(C(=O)NC2CNC(=O)C2)cc1O. The van der Waals surface area contributed by atoms with Crippen LogP contribution in [0.2, 0.25) is 0 Å². The second-order valence-corrected chi connectivity index (χ2v) is 3.95. The summed E-state index contributed by atoms with van der Waals surface area (Å²) in [7, 11) is 0. The van der Waals surface area contributed by atoms with Crippen molar-refractivity contribution >= 4 is 17.5 Å². The Hall–Kier alpha value is -2.24. The number of nitrogens with two attached hydrogens (primary N) is 1. The Kier molecular flexibility index (Phi) is 2.86. The fourth-order valence-corrected chi connectivity index (χ4v) is 1.66. The highest BCUT2D eigenvalue weighted by Gasteiger charge is 2.23. The van der Waals surface area contributed by atoms with E-state index in [1.165, 1.54) is 18.2 Å². The number of nitrogens with one attached hydrogen (secondary N) is 2. The molecule has 6 heteroatoms. The first-order valence-electron chi connectivity index (χ1n) is 5.22. The van der Waals surface area contributed by atoms with Crippen molar-refractivity contribution in [2.24, 2.45) is 0 Å². The van der Waals surface area contributed by atoms with Gasteiger partial charge in [-0.05, 0) is 18.2 Å². The molecule has 1 aliphatic heterocycles. The lowest BCUT2D eigenvalue weighted by molar-refractivity contribution is -0.119. The molecule has 2 amide bonds. The van der Waals surface area contributed by atoms with Crippen LogP contribution in [0.5, 0.6) is 5.75 Å². The van der Waals surface area contributed by atoms with Crippen LogP contribution in [0.25, 0.3) is 0 Å². The Balaban J connectivity index is 2.04. The largest absolute Gasteiger partial charge is 0.506 e. The van der Waals surface area contributed by atoms with Gasteiger partial charge in [-0.1, -0.05) is 0 Å². The predicted molar refractivity (Wildman–Crippen MR) is 61.4 cm³/mol. The molecule has 0 spiro atoms. The van der Waals surface area contributed by atoms with E-state index in [1.807, 2.05) is 0 Å². The summed E-state index contributed by atoms with van der Waals surface area (Å²) >= 11 is 0. The topological polar surface area (TPSA) is 104 Å². The third-order valence-electron chi connectivity index (χ3n) is 2.61. The Bertz CT molecular complexity index is 473. The highest BCUT2D eigenvalue weighted by atomic mass is 16.3. The number of rotatable bonds is 2. The van der Waals surface area contributed by atoms with Gasteiger partial charge in [-0.25, -0.2) is 0 Å². The second kappa shape index (κ2) is 4.32. The lowest BCUT2D eigenvalue weighted by Crippen LogP contribution is -2.36. The second-order valence-electron chi connectivity index (χ2n) is 3.95. The number of carbonyl (C=O) groups excluding carboxylic acids is 2. The van der Waals surface area contributed by atoms with E-state index in [1.54, 1.807) is 0 Å². The van der Waals surface area contributed by atoms with Crippen LogP contribution in [0, 0.1) is 0 Å². The van der Waals surface area contributed by atoms with Crippen LogP contribution in [0.3, 0.4) is 0 Å². The zero-order valence-electron chi connectivity index (χ0n) is 9.06. The fourth-order valence-electron chi connectivity index (χ4n) is 1.66. The highest BCUT2D eigenvalue weighted by Crippen LogP contribution is 2.20. The first-order valence-corrected chi connectivity index (χ1v) is 5.22. The maximum Gasteiger partial charge on any atom is 0.251 e. The molecule has 1 aromatic rings. The third-order valence-corrected chi connectivity index (χ3v) is 2.61. The van der Waals surface area contributed by atoms with Gasteiger partial charge >= 0.3 is 0 Å². The summed E-state index contributed by atoms with van der Waals surface area (Å²) in [5.74, 6) is -0.532. The van der Waals surface area contributed by atoms with Crippen LogP contribution in [0.15, 0.2) is 18.2 Å². The van der Waals surface area contributed by atoms with Crippen molar-refractivity contribution < 1.29 is 14.7 Å². The molecule has 0 saturated carbocycles. The molecule has 0 bridgehead atoms. The van der Waals surface area contributed by atoms with E-state index in [0.717, 1.165) is 0 Å². The monoisotopic (exact) mass is 235 g/mol. The van der Waals surface area contributed by atoms with E-state index in [-0.39, 0.29) is 35.7 Å². The van der Waals surface area contributed by atoms with E-state index in [2.05, 4.69) is 10.6 Å². The molecular weight excluding hydrogens is 222 g/mol. The van der Waals surface area contributed by atoms with Crippen LogP contribution in [-0.4, -0.2) is 29.5 Å². The number of nitrogen functional groups attached to an aromatic ring is 1. The average molecular weight is 235 g/mol. The smallest absolute Gasteiger partial charge is 0.251 e. The van der Waals surface area contributed by atoms with Gasteiger partial charge in [0.15, 0.2) is 0 Å². The highest BCUT2D eigenvalue weighted by molar-refractivity contribution is 5.96. The molecule has 1 aliphatic rings. The van der Waals surface area contributed by atoms with Crippen molar-refractivity contribution in [3.63, 3.8) is 0 Å². The number of carbonyl (C=O) groups is 2. The molecule has 1 fully saturated rings. The van der Waals surface area contributed by atoms with Gasteiger partial charge in [0, 0.05) is 18.5 Å². The number of hydrogen-bond donors (Lipinski definition) is 4. The zero-order chi connectivity index (χ0) is 12.4. The van der Waals surface area contributed by atoms with Crippen molar-refractivity contribution in [3.8, 4) is 5.75 Å². The van der Waals surface area contributed by atoms with Gasteiger partial charge in [0.1, 0.15) is 5.75 Å². The first-order chi connectivity index (χ1) is 8.06. The minimum atomic E-state index is -0.332. The summed E-state index contributed by atoms with van der Waals surface area (Å²) in [5.41, 5.74) is 5.97. The summed E-state index contributed by atoms with van der Waals surface area (Å²) in [5, 5.41) is 14.7. The van der Waals surface area contributed by atoms with Crippen LogP contribution >= 0.6 is 0 Å². The van der Waals surface area contributed by atoms with Gasteiger partial charge in [-0.3, -0.25) is 9.59 Å². The van der Waals surface area contributed by atoms with Gasteiger partial charge in [0.05, 0.1) is 11.7 Å². The van der Waals surface area contributed by atoms with Crippen LogP contribution in [0.1, 0.15) is 16.8 Å². The van der Waals surface area contributed by atoms with Crippen LogP contribution in [0.4, 0.5) is 5.69 Å². The lowest BCUT2D eigenvalue weighted by atomic mass is 10.1. The normalized spacial score (nSPS) is 18.8. The average Bonchev–Trinajstić information content (AvgIpc) is 2.68. The molecule has 5 N–H and O–H groups in total. The van der Waals surface area contributed by atoms with Gasteiger partial charge < -0.3 is 21.5 Å². The molecular formula is C11H13N3O3. The minimum absolute atomic E-state index is 0.0737. The number of phenols is 1. The van der Waals surface area contributed by atoms with Crippen molar-refractivity contribution in [1.29, 1.82) is 0 Å². The number of hydrogen-bond acceptors (Lipinski definition) is 4. The molecule has 0 aromatic heterocycles. The molecule has 0 aliphatic carbocycles. The Morgan fingerprint density at radius 2 is 2.29 bits per heavy atom. The number of benzene rings is 1. The molecule has 0 radical (unpaired) electrons. The van der Waals surface area contributed by atoms with Gasteiger partial charge in [0.25, 0.3) is 5.91 Å². The minimum Gasteiger partial charge on any atom is -0.506 e. The van der Waals surface area contributed by atoms with E-state index in [4.69, 9.17) is 5.73 Å². The summed E-state index contributed by atoms with van der Waals surface area (Å²) in [6.45, 7) is 0.436. The molecule has 1 heterocycles. The van der Waals surface area contributed by atoms with Gasteiger partial charge in [0.2, 0.25) is 5.91 Å². The predicted octanol–water partition coefficient (Wildman–Crippen LogP) is -0.407. The fraction of sp³-hybridized carbons (Fsp3) is 0.273. The maximum absolute atomic E-state index is 11.8. The zero-order valence-corrected chi connectivity index (χ0v) is 9.06. The first kappa shape index (κ1) is 11.3. The maximum atomic E-state index is 11.8. The van der Waals surface area contributed by atoms with Gasteiger partial charge in [-0.2, -0.15) is 0 Å². The summed E-state index contributed by atoms with van der Waals surface area (Å²) in [4.78, 5) is 22.7. The quantitative estimate of drug-likeness (QED) is 0.413. The molecule has 1 aromatic carbocycles. The third kappa shape index (κ3) is 2.47. The van der Waals surface area contributed by atoms with Crippen LogP contribution in [-0.2, 0) is 4.79 Å². The van der Waals surface area contributed by atoms with E-state index >= 15 is 0 Å². The van der Waals surface area contributed by atoms with E-state index < -0.39 is 0 Å². The summed E-state index contributed by atoms with van der Waals surface area (Å²) < 4.78 is 0. The van der Waals surface area contributed by atoms with Crippen LogP contribution < -0.4 is 16.4 Å². The molecule has 6 nitrogen and oxygen atoms in total. The Labute approximate surface area is 97.8 Å². The lowest BCUT2D eigenvalue weighted by Gasteiger charge is -2.10. The van der Waals surface area contributed by atoms with Crippen molar-refractivity contribution in [1.82, 2.24) is 10.6 Å². The standard InChI is InChI=1S/C11H13N3O3/c12-8-2-1-6(3-9(8)15)11(17)14-7-4-10(16)13-5-7/h1-3,7,15H,4-5,12H2,(H,13,16)(H,14,17). The van der Waals surface area contributed by atoms with Crippen molar-refractivity contribution in [2.45, 2.75) is 12.5 Å². The van der Waals surface area contributed by atoms with E-state index in [0.29, 0.717) is 12.1 Å². The summed E-state index contributed by atoms with van der Waals surface area (Å²) in [6.07, 6.45) is 0.284. The Morgan fingerprint density at radius 1 is 1.53 bits per heavy atom. The number of anilines is 1. The molecule has 90 valence electrons. The van der Waals surface area contributed by atoms with Crippen molar-refractivity contribution in [2.75, 3.05) is 12.3 Å². The molecule has 1 atom stereocenters. The van der Waals surface area contributed by atoms with E-state index in [9.17, 15) is 14.7 Å². The number of phenolic OH excluding ortho intramolecular Hbond substituents is 1. The summed E-state index contributed by atoms with van der Waals surface area (Å²) in [6, 6.07) is 4.08.